The van der Waals surface area contributed by atoms with Gasteiger partial charge in [0.2, 0.25) is 0 Å². The second-order valence-electron chi connectivity index (χ2n) is 3.87. The second kappa shape index (κ2) is 7.23. The molecule has 2 nitrogen and oxygen atoms in total. The van der Waals surface area contributed by atoms with Gasteiger partial charge in [0.25, 0.3) is 0 Å². The summed E-state index contributed by atoms with van der Waals surface area (Å²) in [6, 6.07) is 4.69. The zero-order valence-electron chi connectivity index (χ0n) is 10.1. The van der Waals surface area contributed by atoms with Crippen LogP contribution in [0.2, 0.25) is 0 Å². The summed E-state index contributed by atoms with van der Waals surface area (Å²) in [5.41, 5.74) is 0.965. The van der Waals surface area contributed by atoms with E-state index in [1.165, 1.54) is 6.07 Å². The zero-order valence-corrected chi connectivity index (χ0v) is 10.1. The minimum Gasteiger partial charge on any atom is -0.496 e. The van der Waals surface area contributed by atoms with Gasteiger partial charge >= 0.3 is 0 Å². The van der Waals surface area contributed by atoms with Crippen molar-refractivity contribution in [3.8, 4) is 5.75 Å². The summed E-state index contributed by atoms with van der Waals surface area (Å²) in [6.07, 6.45) is 4.26. The van der Waals surface area contributed by atoms with Gasteiger partial charge in [0.15, 0.2) is 0 Å². The van der Waals surface area contributed by atoms with Crippen LogP contribution in [-0.2, 0) is 6.42 Å². The summed E-state index contributed by atoms with van der Waals surface area (Å²) >= 11 is 0. The molecule has 0 aromatic heterocycles. The Labute approximate surface area is 96.8 Å². The van der Waals surface area contributed by atoms with Gasteiger partial charge in [-0.05, 0) is 56.6 Å². The Hall–Kier alpha value is -1.09. The molecule has 0 amide bonds. The van der Waals surface area contributed by atoms with E-state index >= 15 is 0 Å². The van der Waals surface area contributed by atoms with E-state index in [0.717, 1.165) is 43.5 Å². The molecule has 0 fully saturated rings. The zero-order chi connectivity index (χ0) is 11.8. The first kappa shape index (κ1) is 13.0. The summed E-state index contributed by atoms with van der Waals surface area (Å²) in [5.74, 6) is 0.598. The Balaban J connectivity index is 2.42. The highest BCUT2D eigenvalue weighted by atomic mass is 19.1. The van der Waals surface area contributed by atoms with Crippen LogP contribution in [0.3, 0.4) is 0 Å². The van der Waals surface area contributed by atoms with Gasteiger partial charge < -0.3 is 10.1 Å². The number of nitrogens with one attached hydrogen (secondary N) is 1. The molecule has 1 N–H and O–H groups in total. The van der Waals surface area contributed by atoms with Crippen molar-refractivity contribution in [2.45, 2.75) is 25.7 Å². The van der Waals surface area contributed by atoms with Crippen molar-refractivity contribution in [2.75, 3.05) is 20.7 Å². The Kier molecular flexibility index (Phi) is 5.86. The predicted octanol–water partition coefficient (Wildman–Crippen LogP) is 2.77. The normalized spacial score (nSPS) is 10.4. The van der Waals surface area contributed by atoms with Gasteiger partial charge in [-0.1, -0.05) is 6.42 Å². The molecule has 1 aromatic rings. The fourth-order valence-electron chi connectivity index (χ4n) is 1.74. The molecule has 1 aromatic carbocycles. The first-order valence-electron chi connectivity index (χ1n) is 5.75. The van der Waals surface area contributed by atoms with Crippen molar-refractivity contribution < 1.29 is 9.13 Å². The number of ether oxygens (including phenoxy) is 1. The highest BCUT2D eigenvalue weighted by Crippen LogP contribution is 2.21. The molecule has 0 atom stereocenters. The molecule has 0 saturated carbocycles. The van der Waals surface area contributed by atoms with Gasteiger partial charge in [-0.2, -0.15) is 0 Å². The Morgan fingerprint density at radius 1 is 1.25 bits per heavy atom. The lowest BCUT2D eigenvalue weighted by molar-refractivity contribution is 0.407. The maximum Gasteiger partial charge on any atom is 0.123 e. The monoisotopic (exact) mass is 225 g/mol. The molecule has 0 unspecified atom stereocenters. The van der Waals surface area contributed by atoms with Crippen LogP contribution in [-0.4, -0.2) is 20.7 Å². The minimum absolute atomic E-state index is 0.189. The van der Waals surface area contributed by atoms with Gasteiger partial charge in [-0.25, -0.2) is 4.39 Å². The molecule has 0 spiro atoms. The third-order valence-electron chi connectivity index (χ3n) is 2.62. The maximum absolute atomic E-state index is 13.0. The van der Waals surface area contributed by atoms with Crippen LogP contribution in [0, 0.1) is 5.82 Å². The summed E-state index contributed by atoms with van der Waals surface area (Å²) in [7, 11) is 3.58. The summed E-state index contributed by atoms with van der Waals surface area (Å²) in [5, 5.41) is 3.11. The Bertz CT molecular complexity index is 315. The first-order chi connectivity index (χ1) is 7.77. The largest absolute Gasteiger partial charge is 0.496 e. The fourth-order valence-corrected chi connectivity index (χ4v) is 1.74. The van der Waals surface area contributed by atoms with Crippen LogP contribution in [0.25, 0.3) is 0 Å². The van der Waals surface area contributed by atoms with E-state index < -0.39 is 0 Å². The molecule has 90 valence electrons. The topological polar surface area (TPSA) is 21.3 Å². The van der Waals surface area contributed by atoms with E-state index in [0.29, 0.717) is 0 Å². The van der Waals surface area contributed by atoms with E-state index in [9.17, 15) is 4.39 Å². The molecule has 0 saturated heterocycles. The van der Waals surface area contributed by atoms with Crippen molar-refractivity contribution in [2.24, 2.45) is 0 Å². The quantitative estimate of drug-likeness (QED) is 0.720. The van der Waals surface area contributed by atoms with E-state index in [2.05, 4.69) is 5.32 Å². The lowest BCUT2D eigenvalue weighted by atomic mass is 10.1. The van der Waals surface area contributed by atoms with Gasteiger partial charge in [0, 0.05) is 0 Å². The van der Waals surface area contributed by atoms with Crippen molar-refractivity contribution in [3.63, 3.8) is 0 Å². The minimum atomic E-state index is -0.189. The molecule has 0 bridgehead atoms. The number of aryl methyl sites for hydroxylation is 1. The van der Waals surface area contributed by atoms with E-state index in [1.54, 1.807) is 19.2 Å². The molecule has 16 heavy (non-hydrogen) atoms. The molecule has 0 radical (unpaired) electrons. The highest BCUT2D eigenvalue weighted by Gasteiger charge is 2.04. The average Bonchev–Trinajstić information content (AvgIpc) is 2.29. The second-order valence-corrected chi connectivity index (χ2v) is 3.87. The number of hydrogen-bond donors (Lipinski definition) is 1. The smallest absolute Gasteiger partial charge is 0.123 e. The van der Waals surface area contributed by atoms with Crippen LogP contribution in [0.4, 0.5) is 4.39 Å². The maximum atomic E-state index is 13.0. The average molecular weight is 225 g/mol. The lowest BCUT2D eigenvalue weighted by Crippen LogP contribution is -2.07. The Morgan fingerprint density at radius 3 is 2.75 bits per heavy atom. The van der Waals surface area contributed by atoms with Crippen molar-refractivity contribution in [1.29, 1.82) is 0 Å². The number of halogens is 1. The van der Waals surface area contributed by atoms with Crippen LogP contribution >= 0.6 is 0 Å². The van der Waals surface area contributed by atoms with Gasteiger partial charge in [0.1, 0.15) is 11.6 Å². The molecule has 1 rings (SSSR count). The fraction of sp³-hybridized carbons (Fsp3) is 0.538. The number of unbranched alkanes of at least 4 members (excludes halogenated alkanes) is 2. The number of benzene rings is 1. The van der Waals surface area contributed by atoms with Crippen molar-refractivity contribution in [3.05, 3.63) is 29.6 Å². The van der Waals surface area contributed by atoms with Gasteiger partial charge in [0.05, 0.1) is 7.11 Å². The van der Waals surface area contributed by atoms with Crippen molar-refractivity contribution >= 4 is 0 Å². The molecule has 0 aliphatic rings. The van der Waals surface area contributed by atoms with Crippen LogP contribution in [0.1, 0.15) is 24.8 Å². The standard InChI is InChI=1S/C13H20FNO/c1-15-9-5-3-4-6-11-10-12(14)7-8-13(11)16-2/h7-8,10,15H,3-6,9H2,1-2H3. The third-order valence-corrected chi connectivity index (χ3v) is 2.62. The molecule has 0 aliphatic heterocycles. The third kappa shape index (κ3) is 4.19. The van der Waals surface area contributed by atoms with E-state index in [4.69, 9.17) is 4.74 Å². The van der Waals surface area contributed by atoms with E-state index in [-0.39, 0.29) is 5.82 Å². The predicted molar refractivity (Wildman–Crippen MR) is 64.4 cm³/mol. The molecule has 0 heterocycles. The van der Waals surface area contributed by atoms with E-state index in [1.807, 2.05) is 7.05 Å². The highest BCUT2D eigenvalue weighted by molar-refractivity contribution is 5.33. The molecular weight excluding hydrogens is 205 g/mol. The molecule has 0 aliphatic carbocycles. The SMILES string of the molecule is CNCCCCCc1cc(F)ccc1OC. The molecule has 3 heteroatoms. The summed E-state index contributed by atoms with van der Waals surface area (Å²) < 4.78 is 18.2. The van der Waals surface area contributed by atoms with Gasteiger partial charge in [-0.3, -0.25) is 0 Å². The van der Waals surface area contributed by atoms with Gasteiger partial charge in [-0.15, -0.1) is 0 Å². The summed E-state index contributed by atoms with van der Waals surface area (Å²) in [6.45, 7) is 1.04. The summed E-state index contributed by atoms with van der Waals surface area (Å²) in [4.78, 5) is 0. The lowest BCUT2D eigenvalue weighted by Gasteiger charge is -2.08. The van der Waals surface area contributed by atoms with Crippen molar-refractivity contribution in [1.82, 2.24) is 5.32 Å². The molecular formula is C13H20FNO. The number of rotatable bonds is 7. The first-order valence-corrected chi connectivity index (χ1v) is 5.75. The van der Waals surface area contributed by atoms with Crippen LogP contribution in [0.15, 0.2) is 18.2 Å². The van der Waals surface area contributed by atoms with Crippen LogP contribution < -0.4 is 10.1 Å². The van der Waals surface area contributed by atoms with Crippen LogP contribution in [0.5, 0.6) is 5.75 Å². The number of methoxy groups -OCH3 is 1. The Morgan fingerprint density at radius 2 is 2.06 bits per heavy atom. The number of hydrogen-bond acceptors (Lipinski definition) is 2.